The van der Waals surface area contributed by atoms with E-state index in [-0.39, 0.29) is 5.41 Å². The molecule has 1 saturated heterocycles. The first-order chi connectivity index (χ1) is 12.1. The predicted octanol–water partition coefficient (Wildman–Crippen LogP) is 4.66. The second-order valence-electron chi connectivity index (χ2n) is 9.44. The topological polar surface area (TPSA) is 23.5 Å². The van der Waals surface area contributed by atoms with Crippen LogP contribution < -0.4 is 0 Å². The second-order valence-corrected chi connectivity index (χ2v) is 9.44. The van der Waals surface area contributed by atoms with E-state index >= 15 is 0 Å². The zero-order chi connectivity index (χ0) is 17.2. The van der Waals surface area contributed by atoms with Gasteiger partial charge in [0.1, 0.15) is 5.75 Å². The maximum absolute atomic E-state index is 10.2. The van der Waals surface area contributed by atoms with Crippen molar-refractivity contribution in [2.24, 2.45) is 17.8 Å². The Balaban J connectivity index is 1.59. The summed E-state index contributed by atoms with van der Waals surface area (Å²) in [5.41, 5.74) is 4.58. The summed E-state index contributed by atoms with van der Waals surface area (Å²) >= 11 is 0. The summed E-state index contributed by atoms with van der Waals surface area (Å²) in [7, 11) is 0. The molecule has 1 aliphatic heterocycles. The van der Waals surface area contributed by atoms with Crippen LogP contribution in [0.2, 0.25) is 0 Å². The number of rotatable bonds is 2. The number of aromatic hydroxyl groups is 1. The van der Waals surface area contributed by atoms with Gasteiger partial charge in [0.2, 0.25) is 0 Å². The summed E-state index contributed by atoms with van der Waals surface area (Å²) in [5.74, 6) is 2.81. The van der Waals surface area contributed by atoms with E-state index in [2.05, 4.69) is 30.5 Å². The number of piperidine rings is 1. The molecule has 3 aliphatic carbocycles. The molecule has 4 atom stereocenters. The summed E-state index contributed by atoms with van der Waals surface area (Å²) in [6, 6.07) is 6.87. The second kappa shape index (κ2) is 5.61. The first-order valence-corrected chi connectivity index (χ1v) is 10.3. The molecule has 2 heteroatoms. The molecule has 5 rings (SSSR count). The van der Waals surface area contributed by atoms with Gasteiger partial charge in [-0.3, -0.25) is 4.90 Å². The monoisotopic (exact) mass is 337 g/mol. The average molecular weight is 338 g/mol. The Bertz CT molecular complexity index is 706. The molecule has 2 bridgehead atoms. The predicted molar refractivity (Wildman–Crippen MR) is 102 cm³/mol. The normalized spacial score (nSPS) is 38.0. The largest absolute Gasteiger partial charge is 0.508 e. The van der Waals surface area contributed by atoms with Crippen LogP contribution in [0.4, 0.5) is 0 Å². The van der Waals surface area contributed by atoms with Gasteiger partial charge in [-0.15, -0.1) is 0 Å². The van der Waals surface area contributed by atoms with Crippen LogP contribution in [-0.4, -0.2) is 29.1 Å². The maximum atomic E-state index is 10.2. The molecule has 1 aromatic rings. The van der Waals surface area contributed by atoms with Gasteiger partial charge in [-0.25, -0.2) is 0 Å². The van der Waals surface area contributed by atoms with Crippen molar-refractivity contribution in [3.63, 3.8) is 0 Å². The van der Waals surface area contributed by atoms with Crippen molar-refractivity contribution in [1.29, 1.82) is 0 Å². The van der Waals surface area contributed by atoms with Crippen molar-refractivity contribution < 1.29 is 5.11 Å². The quantitative estimate of drug-likeness (QED) is 0.793. The van der Waals surface area contributed by atoms with E-state index in [1.54, 1.807) is 0 Å². The molecule has 25 heavy (non-hydrogen) atoms. The Hall–Kier alpha value is -1.28. The number of likely N-dealkylation sites (tertiary alicyclic amines) is 1. The number of hydrogen-bond donors (Lipinski definition) is 1. The molecule has 2 nitrogen and oxygen atoms in total. The van der Waals surface area contributed by atoms with Crippen LogP contribution in [0.25, 0.3) is 0 Å². The smallest absolute Gasteiger partial charge is 0.115 e. The SMILES string of the molecule is C=C1C[C@H](C)C2[C@@H]3Cc4ccc(O)cc4C2(CCN3CC2CCC2)C1. The number of fused-ring (bicyclic) bond motifs is 1. The third kappa shape index (κ3) is 2.33. The van der Waals surface area contributed by atoms with E-state index in [1.807, 2.05) is 6.07 Å². The third-order valence-corrected chi connectivity index (χ3v) is 7.93. The van der Waals surface area contributed by atoms with Gasteiger partial charge in [-0.2, -0.15) is 0 Å². The summed E-state index contributed by atoms with van der Waals surface area (Å²) in [6.07, 6.45) is 9.05. The van der Waals surface area contributed by atoms with Gasteiger partial charge in [0.05, 0.1) is 0 Å². The van der Waals surface area contributed by atoms with Gasteiger partial charge >= 0.3 is 0 Å². The molecule has 2 saturated carbocycles. The molecule has 3 fully saturated rings. The lowest BCUT2D eigenvalue weighted by atomic mass is 9.49. The van der Waals surface area contributed by atoms with Gasteiger partial charge in [-0.05, 0) is 86.1 Å². The Morgan fingerprint density at radius 1 is 1.28 bits per heavy atom. The maximum Gasteiger partial charge on any atom is 0.115 e. The number of phenolic OH excluding ortho intramolecular Hbond substituents is 1. The molecule has 0 spiro atoms. The molecule has 1 heterocycles. The van der Waals surface area contributed by atoms with E-state index < -0.39 is 0 Å². The average Bonchev–Trinajstić information content (AvgIpc) is 2.52. The van der Waals surface area contributed by atoms with Crippen molar-refractivity contribution in [1.82, 2.24) is 4.90 Å². The van der Waals surface area contributed by atoms with Crippen LogP contribution in [0.1, 0.15) is 56.6 Å². The van der Waals surface area contributed by atoms with E-state index in [0.29, 0.717) is 17.7 Å². The third-order valence-electron chi connectivity index (χ3n) is 7.93. The molecule has 0 aromatic heterocycles. The minimum atomic E-state index is 0.224. The molecule has 1 aromatic carbocycles. The zero-order valence-electron chi connectivity index (χ0n) is 15.5. The highest BCUT2D eigenvalue weighted by atomic mass is 16.3. The Kier molecular flexibility index (Phi) is 3.57. The fourth-order valence-electron chi connectivity index (χ4n) is 6.83. The van der Waals surface area contributed by atoms with Crippen LogP contribution in [0.5, 0.6) is 5.75 Å². The van der Waals surface area contributed by atoms with Gasteiger partial charge in [0, 0.05) is 18.0 Å². The van der Waals surface area contributed by atoms with Crippen LogP contribution in [-0.2, 0) is 11.8 Å². The highest BCUT2D eigenvalue weighted by Crippen LogP contribution is 2.59. The Morgan fingerprint density at radius 3 is 2.88 bits per heavy atom. The van der Waals surface area contributed by atoms with Crippen molar-refractivity contribution in [2.45, 2.75) is 63.3 Å². The molecular weight excluding hydrogens is 306 g/mol. The van der Waals surface area contributed by atoms with E-state index in [1.165, 1.54) is 68.3 Å². The standard InChI is InChI=1S/C23H31NO/c1-15-10-16(2)22-21-11-18-6-7-19(25)12-20(18)23(22,13-15)8-9-24(21)14-17-4-3-5-17/h6-7,12,16-17,21-22,25H,1,3-5,8-11,13-14H2,2H3/t16-,21-,22?,23?/m0/s1. The van der Waals surface area contributed by atoms with Gasteiger partial charge < -0.3 is 5.11 Å². The van der Waals surface area contributed by atoms with Crippen LogP contribution >= 0.6 is 0 Å². The summed E-state index contributed by atoms with van der Waals surface area (Å²) in [6.45, 7) is 9.41. The molecular formula is C23H31NO. The first kappa shape index (κ1) is 15.9. The van der Waals surface area contributed by atoms with Gasteiger partial charge in [0.25, 0.3) is 0 Å². The number of nitrogens with zero attached hydrogens (tertiary/aromatic N) is 1. The summed E-state index contributed by atoms with van der Waals surface area (Å²) in [4.78, 5) is 2.85. The number of hydrogen-bond acceptors (Lipinski definition) is 2. The Labute approximate surface area is 151 Å². The number of phenols is 1. The molecule has 134 valence electrons. The lowest BCUT2D eigenvalue weighted by Gasteiger charge is -2.62. The Morgan fingerprint density at radius 2 is 2.12 bits per heavy atom. The number of benzene rings is 1. The van der Waals surface area contributed by atoms with Crippen molar-refractivity contribution in [3.8, 4) is 5.75 Å². The number of allylic oxidation sites excluding steroid dienone is 1. The van der Waals surface area contributed by atoms with E-state index in [9.17, 15) is 5.11 Å². The highest BCUT2D eigenvalue weighted by Gasteiger charge is 2.56. The van der Waals surface area contributed by atoms with Gasteiger partial charge in [0.15, 0.2) is 0 Å². The summed E-state index contributed by atoms with van der Waals surface area (Å²) < 4.78 is 0. The lowest BCUT2D eigenvalue weighted by molar-refractivity contribution is -0.0376. The van der Waals surface area contributed by atoms with Gasteiger partial charge in [-0.1, -0.05) is 31.6 Å². The summed E-state index contributed by atoms with van der Waals surface area (Å²) in [5, 5.41) is 10.2. The lowest BCUT2D eigenvalue weighted by Crippen LogP contribution is -2.63. The minimum Gasteiger partial charge on any atom is -0.508 e. The molecule has 4 aliphatic rings. The van der Waals surface area contributed by atoms with Crippen molar-refractivity contribution in [2.75, 3.05) is 13.1 Å². The molecule has 0 radical (unpaired) electrons. The first-order valence-electron chi connectivity index (χ1n) is 10.3. The van der Waals surface area contributed by atoms with E-state index in [4.69, 9.17) is 0 Å². The van der Waals surface area contributed by atoms with Crippen molar-refractivity contribution >= 4 is 0 Å². The van der Waals surface area contributed by atoms with E-state index in [0.717, 1.165) is 18.3 Å². The zero-order valence-corrected chi connectivity index (χ0v) is 15.5. The molecule has 1 N–H and O–H groups in total. The van der Waals surface area contributed by atoms with Crippen LogP contribution in [0.3, 0.4) is 0 Å². The molecule has 2 unspecified atom stereocenters. The molecule has 0 amide bonds. The highest BCUT2D eigenvalue weighted by molar-refractivity contribution is 5.46. The van der Waals surface area contributed by atoms with Crippen LogP contribution in [0.15, 0.2) is 30.4 Å². The van der Waals surface area contributed by atoms with Crippen molar-refractivity contribution in [3.05, 3.63) is 41.5 Å². The minimum absolute atomic E-state index is 0.224. The fourth-order valence-corrected chi connectivity index (χ4v) is 6.83. The van der Waals surface area contributed by atoms with Crippen LogP contribution in [0, 0.1) is 17.8 Å². The fraction of sp³-hybridized carbons (Fsp3) is 0.652.